The summed E-state index contributed by atoms with van der Waals surface area (Å²) in [7, 11) is 0. The van der Waals surface area contributed by atoms with Gasteiger partial charge in [0.1, 0.15) is 0 Å². The minimum Gasteiger partial charge on any atom is 0 e. The Morgan fingerprint density at radius 2 is 1.60 bits per heavy atom. The van der Waals surface area contributed by atoms with Crippen LogP contribution in [0.1, 0.15) is 0 Å². The molecule has 5 heavy (non-hydrogen) atoms. The Hall–Kier alpha value is 1.64. The van der Waals surface area contributed by atoms with Crippen molar-refractivity contribution < 1.29 is 64.6 Å². The van der Waals surface area contributed by atoms with E-state index in [2.05, 4.69) is 0 Å². The van der Waals surface area contributed by atoms with Crippen LogP contribution < -0.4 is 0 Å². The molecule has 0 aliphatic heterocycles. The minimum atomic E-state index is 0. The summed E-state index contributed by atoms with van der Waals surface area (Å²) in [6, 6.07) is 0. The third-order valence-electron chi connectivity index (χ3n) is 0. The second kappa shape index (κ2) is 17.4. The average Bonchev–Trinajstić information content (AvgIpc) is 0.918. The summed E-state index contributed by atoms with van der Waals surface area (Å²) in [5.41, 5.74) is 0. The van der Waals surface area contributed by atoms with Crippen LogP contribution in [0.2, 0.25) is 0 Å². The molecule has 0 aromatic heterocycles. The van der Waals surface area contributed by atoms with Crippen LogP contribution >= 0.6 is 0 Å². The van der Waals surface area contributed by atoms with Crippen molar-refractivity contribution in [1.82, 2.24) is 0 Å². The van der Waals surface area contributed by atoms with E-state index in [9.17, 15) is 0 Å². The fourth-order valence-electron chi connectivity index (χ4n) is 0. The van der Waals surface area contributed by atoms with E-state index in [0.717, 1.165) is 23.2 Å². The van der Waals surface area contributed by atoms with Crippen molar-refractivity contribution >= 4 is 4.88 Å². The summed E-state index contributed by atoms with van der Waals surface area (Å²) >= 11 is 0.764. The summed E-state index contributed by atoms with van der Waals surface area (Å²) in [5.74, 6) is 0. The fourth-order valence-corrected chi connectivity index (χ4v) is 0. The van der Waals surface area contributed by atoms with Crippen molar-refractivity contribution in [2.24, 2.45) is 0 Å². The molecular formula is CHOPtReZn. The van der Waals surface area contributed by atoms with Crippen molar-refractivity contribution in [2.75, 3.05) is 0 Å². The zero-order valence-electron chi connectivity index (χ0n) is 2.39. The van der Waals surface area contributed by atoms with Gasteiger partial charge >= 0.3 is 28.0 Å². The maximum absolute atomic E-state index is 8.86. The van der Waals surface area contributed by atoms with Gasteiger partial charge in [0.05, 0.1) is 0 Å². The van der Waals surface area contributed by atoms with Crippen LogP contribution in [-0.2, 0) is 64.6 Å². The van der Waals surface area contributed by atoms with Crippen LogP contribution in [0.15, 0.2) is 0 Å². The van der Waals surface area contributed by atoms with E-state index in [0.29, 0.717) is 0 Å². The molecule has 0 rings (SSSR count). The molecule has 0 N–H and O–H groups in total. The topological polar surface area (TPSA) is 17.1 Å². The van der Waals surface area contributed by atoms with E-state index < -0.39 is 0 Å². The normalized spacial score (nSPS) is 2.80. The molecule has 0 fully saturated rings. The van der Waals surface area contributed by atoms with Gasteiger partial charge in [-0.1, -0.05) is 0 Å². The zero-order chi connectivity index (χ0) is 2.71. The van der Waals surface area contributed by atoms with Crippen molar-refractivity contribution in [3.05, 3.63) is 0 Å². The molecule has 4 heteroatoms. The first-order valence-corrected chi connectivity index (χ1v) is 2.36. The number of rotatable bonds is 0. The van der Waals surface area contributed by atoms with Crippen molar-refractivity contribution in [3.63, 3.8) is 0 Å². The summed E-state index contributed by atoms with van der Waals surface area (Å²) in [6.07, 6.45) is 0. The van der Waals surface area contributed by atoms with Gasteiger partial charge in [-0.3, -0.25) is 0 Å². The molecule has 30 valence electrons. The monoisotopic (exact) mass is 475 g/mol. The first-order chi connectivity index (χ1) is 1.41. The van der Waals surface area contributed by atoms with Gasteiger partial charge in [0, 0.05) is 41.5 Å². The van der Waals surface area contributed by atoms with Crippen LogP contribution in [0.25, 0.3) is 0 Å². The van der Waals surface area contributed by atoms with E-state index in [-0.39, 0.29) is 41.5 Å². The quantitative estimate of drug-likeness (QED) is 0.348. The molecule has 0 saturated carbocycles. The second-order valence-corrected chi connectivity index (χ2v) is 0.866. The molecule has 1 nitrogen and oxygen atoms in total. The molecule has 0 bridgehead atoms. The van der Waals surface area contributed by atoms with Crippen molar-refractivity contribution in [3.8, 4) is 0 Å². The van der Waals surface area contributed by atoms with Gasteiger partial charge < -0.3 is 0 Å². The van der Waals surface area contributed by atoms with Gasteiger partial charge in [-0.15, -0.1) is 0 Å². The SMILES string of the molecule is O=[CH][Zn].[Pt].[Re]. The van der Waals surface area contributed by atoms with Gasteiger partial charge in [-0.25, -0.2) is 0 Å². The molecular weight excluding hydrogens is 475 g/mol. The smallest absolute Gasteiger partial charge is 0 e. The summed E-state index contributed by atoms with van der Waals surface area (Å²) < 4.78 is 0. The van der Waals surface area contributed by atoms with E-state index in [1.54, 1.807) is 0 Å². The minimum absolute atomic E-state index is 0. The Labute approximate surface area is 68.9 Å². The third kappa shape index (κ3) is 27.7. The summed E-state index contributed by atoms with van der Waals surface area (Å²) in [5, 5.41) is 0. The molecule has 0 saturated heterocycles. The predicted molar refractivity (Wildman–Crippen MR) is 6.75 cm³/mol. The van der Waals surface area contributed by atoms with Crippen LogP contribution in [0, 0.1) is 0 Å². The maximum atomic E-state index is 8.86. The van der Waals surface area contributed by atoms with Crippen LogP contribution in [-0.4, -0.2) is 4.88 Å². The molecule has 0 unspecified atom stereocenters. The molecule has 0 amide bonds. The molecule has 0 atom stereocenters. The Kier molecular flexibility index (Phi) is 55.5. The van der Waals surface area contributed by atoms with Gasteiger partial charge in [0.25, 0.3) is 0 Å². The Balaban J connectivity index is -0.0000000200. The summed E-state index contributed by atoms with van der Waals surface area (Å²) in [6.45, 7) is 0. The van der Waals surface area contributed by atoms with Crippen LogP contribution in [0.4, 0.5) is 0 Å². The molecule has 0 heterocycles. The van der Waals surface area contributed by atoms with Gasteiger partial charge in [-0.05, 0) is 0 Å². The third-order valence-corrected chi connectivity index (χ3v) is 0. The van der Waals surface area contributed by atoms with E-state index in [1.807, 2.05) is 0 Å². The Morgan fingerprint density at radius 3 is 1.60 bits per heavy atom. The van der Waals surface area contributed by atoms with Gasteiger partial charge in [0.2, 0.25) is 0 Å². The summed E-state index contributed by atoms with van der Waals surface area (Å²) in [4.78, 5) is 9.74. The standard InChI is InChI=1S/CHO.Pt.Re.Zn/c1-2;;;/h1H;;;. The van der Waals surface area contributed by atoms with Crippen LogP contribution in [0.3, 0.4) is 0 Å². The van der Waals surface area contributed by atoms with Gasteiger partial charge in [0.15, 0.2) is 0 Å². The number of hydrogen-bond acceptors (Lipinski definition) is 1. The Bertz CT molecular complexity index is 19.1. The molecule has 1 radical (unpaired) electrons. The fraction of sp³-hybridized carbons (Fsp3) is 0. The first-order valence-electron chi connectivity index (χ1n) is 0.644. The molecule has 0 spiro atoms. The predicted octanol–water partition coefficient (Wildman–Crippen LogP) is -0.282. The largest absolute Gasteiger partial charge is 0 e. The zero-order valence-corrected chi connectivity index (χ0v) is 10.3. The molecule has 0 aliphatic carbocycles. The van der Waals surface area contributed by atoms with Gasteiger partial charge in [-0.2, -0.15) is 0 Å². The molecule has 0 aromatic carbocycles. The number of hydrogen-bond donors (Lipinski definition) is 0. The van der Waals surface area contributed by atoms with Crippen molar-refractivity contribution in [2.45, 2.75) is 0 Å². The van der Waals surface area contributed by atoms with Crippen molar-refractivity contribution in [1.29, 1.82) is 0 Å². The molecule has 0 aromatic rings. The second-order valence-electron chi connectivity index (χ2n) is 0.167. The average molecular weight is 476 g/mol. The number of carbonyl (C=O) groups is 1. The maximum Gasteiger partial charge on any atom is 0 e. The van der Waals surface area contributed by atoms with E-state index in [4.69, 9.17) is 4.79 Å². The first kappa shape index (κ1) is 15.9. The Morgan fingerprint density at radius 1 is 1.60 bits per heavy atom. The number of carbonyl (C=O) groups excluding carboxylic acids is 1. The molecule has 0 aliphatic rings. The van der Waals surface area contributed by atoms with E-state index in [1.165, 1.54) is 0 Å². The van der Waals surface area contributed by atoms with E-state index >= 15 is 0 Å². The van der Waals surface area contributed by atoms with Crippen LogP contribution in [0.5, 0.6) is 0 Å².